The van der Waals surface area contributed by atoms with Crippen LogP contribution in [0.15, 0.2) is 35.5 Å². The number of benzene rings is 1. The molecule has 1 aliphatic rings. The predicted octanol–water partition coefficient (Wildman–Crippen LogP) is 2.81. The number of aryl methyl sites for hydroxylation is 1. The Morgan fingerprint density at radius 1 is 1.06 bits per heavy atom. The lowest BCUT2D eigenvalue weighted by Gasteiger charge is -2.29. The minimum absolute atomic E-state index is 0.203. The first-order valence-electron chi connectivity index (χ1n) is 5.39. The summed E-state index contributed by atoms with van der Waals surface area (Å²) in [4.78, 5) is 0. The molecule has 3 heteroatoms. The van der Waals surface area contributed by atoms with E-state index in [4.69, 9.17) is 12.2 Å². The van der Waals surface area contributed by atoms with Crippen LogP contribution in [0, 0.1) is 6.92 Å². The van der Waals surface area contributed by atoms with E-state index in [0.717, 1.165) is 5.70 Å². The van der Waals surface area contributed by atoms with Crippen molar-refractivity contribution in [2.75, 3.05) is 0 Å². The molecular formula is C13H16N2S. The molecule has 1 heterocycles. The average Bonchev–Trinajstić information content (AvgIpc) is 2.25. The van der Waals surface area contributed by atoms with Gasteiger partial charge in [-0.25, -0.2) is 0 Å². The van der Waals surface area contributed by atoms with Crippen LogP contribution in [-0.4, -0.2) is 5.11 Å². The van der Waals surface area contributed by atoms with Crippen molar-refractivity contribution in [3.05, 3.63) is 46.7 Å². The van der Waals surface area contributed by atoms with Gasteiger partial charge < -0.3 is 10.6 Å². The van der Waals surface area contributed by atoms with Crippen LogP contribution >= 0.6 is 12.2 Å². The van der Waals surface area contributed by atoms with E-state index in [2.05, 4.69) is 55.7 Å². The first-order chi connectivity index (χ1) is 7.58. The second-order valence-corrected chi connectivity index (χ2v) is 4.66. The molecule has 0 bridgehead atoms. The Labute approximate surface area is 102 Å². The Bertz CT molecular complexity index is 446. The zero-order valence-corrected chi connectivity index (χ0v) is 10.6. The van der Waals surface area contributed by atoms with Crippen LogP contribution in [-0.2, 0) is 0 Å². The van der Waals surface area contributed by atoms with Crippen LogP contribution in [0.3, 0.4) is 0 Å². The maximum atomic E-state index is 5.18. The number of hydrogen-bond donors (Lipinski definition) is 2. The maximum Gasteiger partial charge on any atom is 0.171 e. The molecule has 0 aromatic heterocycles. The summed E-state index contributed by atoms with van der Waals surface area (Å²) in [7, 11) is 0. The highest BCUT2D eigenvalue weighted by Gasteiger charge is 2.20. The van der Waals surface area contributed by atoms with E-state index in [1.165, 1.54) is 16.7 Å². The van der Waals surface area contributed by atoms with Crippen molar-refractivity contribution in [2.45, 2.75) is 26.8 Å². The summed E-state index contributed by atoms with van der Waals surface area (Å²) in [6, 6.07) is 8.76. The van der Waals surface area contributed by atoms with Crippen molar-refractivity contribution in [3.63, 3.8) is 0 Å². The normalized spacial score (nSPS) is 20.4. The van der Waals surface area contributed by atoms with Gasteiger partial charge in [-0.1, -0.05) is 29.8 Å². The van der Waals surface area contributed by atoms with E-state index in [1.54, 1.807) is 0 Å². The van der Waals surface area contributed by atoms with Gasteiger partial charge in [-0.3, -0.25) is 0 Å². The molecule has 0 saturated carbocycles. The fraction of sp³-hybridized carbons (Fsp3) is 0.308. The van der Waals surface area contributed by atoms with E-state index >= 15 is 0 Å². The number of allylic oxidation sites excluding steroid dienone is 1. The van der Waals surface area contributed by atoms with E-state index in [0.29, 0.717) is 5.11 Å². The van der Waals surface area contributed by atoms with Crippen LogP contribution in [0.4, 0.5) is 0 Å². The summed E-state index contributed by atoms with van der Waals surface area (Å²) in [6.45, 7) is 6.28. The summed E-state index contributed by atoms with van der Waals surface area (Å²) >= 11 is 5.18. The molecule has 2 rings (SSSR count). The largest absolute Gasteiger partial charge is 0.352 e. The third-order valence-corrected chi connectivity index (χ3v) is 3.23. The lowest BCUT2D eigenvalue weighted by Crippen LogP contribution is -2.42. The Kier molecular flexibility index (Phi) is 2.97. The lowest BCUT2D eigenvalue weighted by molar-refractivity contribution is 0.690. The quantitative estimate of drug-likeness (QED) is 0.728. The van der Waals surface area contributed by atoms with Gasteiger partial charge in [0.25, 0.3) is 0 Å². The van der Waals surface area contributed by atoms with Crippen LogP contribution in [0.5, 0.6) is 0 Å². The lowest BCUT2D eigenvalue weighted by atomic mass is 9.96. The van der Waals surface area contributed by atoms with Gasteiger partial charge in [0.1, 0.15) is 0 Å². The summed E-state index contributed by atoms with van der Waals surface area (Å²) < 4.78 is 0. The second kappa shape index (κ2) is 4.26. The zero-order valence-electron chi connectivity index (χ0n) is 9.79. The third-order valence-electron chi connectivity index (χ3n) is 3.01. The standard InChI is InChI=1S/C13H16N2S/c1-8-4-6-11(7-5-8)12-9(2)10(3)14-13(16)15-12/h4-7,12H,1-3H3,(H2,14,15,16). The smallest absolute Gasteiger partial charge is 0.171 e. The van der Waals surface area contributed by atoms with Crippen molar-refractivity contribution in [2.24, 2.45) is 0 Å². The van der Waals surface area contributed by atoms with Crippen LogP contribution in [0.2, 0.25) is 0 Å². The Morgan fingerprint density at radius 3 is 2.31 bits per heavy atom. The Morgan fingerprint density at radius 2 is 1.69 bits per heavy atom. The highest BCUT2D eigenvalue weighted by molar-refractivity contribution is 7.80. The van der Waals surface area contributed by atoms with Crippen LogP contribution in [0.1, 0.15) is 31.0 Å². The minimum atomic E-state index is 0.203. The van der Waals surface area contributed by atoms with Gasteiger partial charge in [0, 0.05) is 5.70 Å². The second-order valence-electron chi connectivity index (χ2n) is 4.25. The first kappa shape index (κ1) is 11.1. The molecule has 1 unspecified atom stereocenters. The Hall–Kier alpha value is -1.35. The van der Waals surface area contributed by atoms with Crippen molar-refractivity contribution < 1.29 is 0 Å². The van der Waals surface area contributed by atoms with Gasteiger partial charge in [0.15, 0.2) is 5.11 Å². The molecule has 1 aromatic rings. The number of nitrogens with one attached hydrogen (secondary N) is 2. The highest BCUT2D eigenvalue weighted by atomic mass is 32.1. The van der Waals surface area contributed by atoms with E-state index in [-0.39, 0.29) is 6.04 Å². The third kappa shape index (κ3) is 2.09. The number of rotatable bonds is 1. The SMILES string of the molecule is CC1=C(C)C(c2ccc(C)cc2)NC(=S)N1. The highest BCUT2D eigenvalue weighted by Crippen LogP contribution is 2.25. The summed E-state index contributed by atoms with van der Waals surface area (Å²) in [5.41, 5.74) is 4.97. The molecule has 0 radical (unpaired) electrons. The molecule has 0 spiro atoms. The summed E-state index contributed by atoms with van der Waals surface area (Å²) in [6.07, 6.45) is 0. The fourth-order valence-corrected chi connectivity index (χ4v) is 2.12. The molecule has 0 amide bonds. The molecule has 1 aliphatic heterocycles. The van der Waals surface area contributed by atoms with Gasteiger partial charge in [-0.15, -0.1) is 0 Å². The average molecular weight is 232 g/mol. The maximum absolute atomic E-state index is 5.18. The molecule has 84 valence electrons. The van der Waals surface area contributed by atoms with Gasteiger partial charge >= 0.3 is 0 Å². The summed E-state index contributed by atoms with van der Waals surface area (Å²) in [5, 5.41) is 7.14. The Balaban J connectivity index is 2.36. The van der Waals surface area contributed by atoms with Crippen molar-refractivity contribution in [1.82, 2.24) is 10.6 Å². The monoisotopic (exact) mass is 232 g/mol. The predicted molar refractivity (Wildman–Crippen MR) is 71.2 cm³/mol. The molecule has 1 aromatic carbocycles. The minimum Gasteiger partial charge on any atom is -0.352 e. The van der Waals surface area contributed by atoms with Gasteiger partial charge in [-0.05, 0) is 44.1 Å². The molecular weight excluding hydrogens is 216 g/mol. The molecule has 0 saturated heterocycles. The van der Waals surface area contributed by atoms with E-state index < -0.39 is 0 Å². The number of hydrogen-bond acceptors (Lipinski definition) is 1. The zero-order chi connectivity index (χ0) is 11.7. The molecule has 0 fully saturated rings. The van der Waals surface area contributed by atoms with Gasteiger partial charge in [0.2, 0.25) is 0 Å². The van der Waals surface area contributed by atoms with Crippen molar-refractivity contribution in [1.29, 1.82) is 0 Å². The summed E-state index contributed by atoms with van der Waals surface area (Å²) in [5.74, 6) is 0. The topological polar surface area (TPSA) is 24.1 Å². The molecule has 1 atom stereocenters. The number of thiocarbonyl (C=S) groups is 1. The fourth-order valence-electron chi connectivity index (χ4n) is 1.85. The first-order valence-corrected chi connectivity index (χ1v) is 5.80. The van der Waals surface area contributed by atoms with Gasteiger partial charge in [0.05, 0.1) is 6.04 Å². The molecule has 16 heavy (non-hydrogen) atoms. The van der Waals surface area contributed by atoms with Crippen molar-refractivity contribution >= 4 is 17.3 Å². The molecule has 0 aliphatic carbocycles. The van der Waals surface area contributed by atoms with Crippen LogP contribution in [0.25, 0.3) is 0 Å². The molecule has 2 N–H and O–H groups in total. The molecule has 2 nitrogen and oxygen atoms in total. The van der Waals surface area contributed by atoms with Gasteiger partial charge in [-0.2, -0.15) is 0 Å². The van der Waals surface area contributed by atoms with E-state index in [9.17, 15) is 0 Å². The van der Waals surface area contributed by atoms with E-state index in [1.807, 2.05) is 0 Å². The van der Waals surface area contributed by atoms with Crippen molar-refractivity contribution in [3.8, 4) is 0 Å². The van der Waals surface area contributed by atoms with Crippen LogP contribution < -0.4 is 10.6 Å².